The van der Waals surface area contributed by atoms with Crippen LogP contribution >= 0.6 is 0 Å². The van der Waals surface area contributed by atoms with Crippen LogP contribution in [0, 0.1) is 0 Å². The number of amides is 1. The molecule has 0 unspecified atom stereocenters. The molecule has 1 aliphatic heterocycles. The number of rotatable bonds is 6. The largest absolute Gasteiger partial charge is 0.453 e. The van der Waals surface area contributed by atoms with Crippen molar-refractivity contribution in [3.63, 3.8) is 0 Å². The number of carbonyl (C=O) groups is 2. The molecule has 2 N–H and O–H groups in total. The van der Waals surface area contributed by atoms with Crippen LogP contribution in [-0.2, 0) is 14.3 Å². The molecule has 3 rings (SSSR count). The van der Waals surface area contributed by atoms with Crippen molar-refractivity contribution in [2.45, 2.75) is 31.8 Å². The first-order valence-corrected chi connectivity index (χ1v) is 9.68. The van der Waals surface area contributed by atoms with E-state index in [1.54, 1.807) is 30.3 Å². The van der Waals surface area contributed by atoms with E-state index in [9.17, 15) is 14.7 Å². The molecule has 1 atom stereocenters. The van der Waals surface area contributed by atoms with Gasteiger partial charge in [0.05, 0.1) is 0 Å². The Bertz CT molecular complexity index is 769. The summed E-state index contributed by atoms with van der Waals surface area (Å²) in [6.45, 7) is 1.67. The van der Waals surface area contributed by atoms with E-state index < -0.39 is 24.6 Å². The Morgan fingerprint density at radius 2 is 1.61 bits per heavy atom. The molecule has 0 bridgehead atoms. The maximum Gasteiger partial charge on any atom is 0.340 e. The van der Waals surface area contributed by atoms with Gasteiger partial charge < -0.3 is 20.1 Å². The zero-order chi connectivity index (χ0) is 19.8. The lowest BCUT2D eigenvalue weighted by atomic mass is 10.1. The van der Waals surface area contributed by atoms with Crippen molar-refractivity contribution in [3.05, 3.63) is 60.2 Å². The molecular formula is C22H26N2O4. The number of benzene rings is 2. The van der Waals surface area contributed by atoms with E-state index in [1.165, 1.54) is 25.7 Å². The highest BCUT2D eigenvalue weighted by Gasteiger charge is 2.19. The molecule has 0 aliphatic carbocycles. The topological polar surface area (TPSA) is 78.9 Å². The summed E-state index contributed by atoms with van der Waals surface area (Å²) >= 11 is 0. The lowest BCUT2D eigenvalue weighted by molar-refractivity contribution is -0.156. The average Bonchev–Trinajstić information content (AvgIpc) is 3.02. The molecule has 2 aromatic rings. The number of nitrogens with zero attached hydrogens (tertiary/aromatic N) is 1. The second-order valence-corrected chi connectivity index (χ2v) is 6.92. The third-order valence-corrected chi connectivity index (χ3v) is 4.81. The van der Waals surface area contributed by atoms with Crippen molar-refractivity contribution in [1.29, 1.82) is 0 Å². The Morgan fingerprint density at radius 3 is 2.25 bits per heavy atom. The second kappa shape index (κ2) is 9.90. The fraction of sp³-hybridized carbons (Fsp3) is 0.364. The van der Waals surface area contributed by atoms with Gasteiger partial charge in [-0.05, 0) is 42.7 Å². The van der Waals surface area contributed by atoms with Gasteiger partial charge in [0, 0.05) is 24.5 Å². The number of anilines is 2. The maximum absolute atomic E-state index is 12.0. The molecule has 0 radical (unpaired) electrons. The molecule has 0 saturated carbocycles. The highest BCUT2D eigenvalue weighted by Crippen LogP contribution is 2.21. The van der Waals surface area contributed by atoms with Crippen LogP contribution in [0.25, 0.3) is 0 Å². The molecule has 28 heavy (non-hydrogen) atoms. The van der Waals surface area contributed by atoms with Gasteiger partial charge in [-0.3, -0.25) is 4.79 Å². The van der Waals surface area contributed by atoms with Gasteiger partial charge in [0.1, 0.15) is 0 Å². The van der Waals surface area contributed by atoms with E-state index in [1.807, 2.05) is 24.3 Å². The lowest BCUT2D eigenvalue weighted by Gasteiger charge is -2.22. The van der Waals surface area contributed by atoms with Gasteiger partial charge in [-0.25, -0.2) is 4.79 Å². The number of carbonyl (C=O) groups excluding carboxylic acids is 2. The first-order chi connectivity index (χ1) is 13.6. The van der Waals surface area contributed by atoms with Gasteiger partial charge in [-0.15, -0.1) is 0 Å². The van der Waals surface area contributed by atoms with Gasteiger partial charge in [-0.1, -0.05) is 43.2 Å². The van der Waals surface area contributed by atoms with Crippen LogP contribution in [0.1, 0.15) is 37.4 Å². The Kier molecular flexibility index (Phi) is 7.03. The number of ether oxygens (including phenoxy) is 1. The van der Waals surface area contributed by atoms with Crippen LogP contribution in [0.2, 0.25) is 0 Å². The van der Waals surface area contributed by atoms with Gasteiger partial charge in [0.25, 0.3) is 5.91 Å². The molecule has 6 nitrogen and oxygen atoms in total. The third-order valence-electron chi connectivity index (χ3n) is 4.81. The van der Waals surface area contributed by atoms with E-state index in [0.717, 1.165) is 18.8 Å². The molecule has 1 amide bonds. The van der Waals surface area contributed by atoms with Gasteiger partial charge in [0.2, 0.25) is 0 Å². The molecule has 0 aromatic heterocycles. The van der Waals surface area contributed by atoms with E-state index >= 15 is 0 Å². The fourth-order valence-electron chi connectivity index (χ4n) is 3.27. The highest BCUT2D eigenvalue weighted by atomic mass is 16.5. The van der Waals surface area contributed by atoms with Crippen LogP contribution in [0.15, 0.2) is 54.6 Å². The summed E-state index contributed by atoms with van der Waals surface area (Å²) in [5.41, 5.74) is 2.22. The fourth-order valence-corrected chi connectivity index (χ4v) is 3.27. The Balaban J connectivity index is 1.47. The minimum absolute atomic E-state index is 0.428. The number of aliphatic hydroxyl groups is 1. The number of nitrogens with one attached hydrogen (secondary N) is 1. The normalized spacial score (nSPS) is 15.4. The summed E-state index contributed by atoms with van der Waals surface area (Å²) in [6.07, 6.45) is 3.57. The molecule has 1 aliphatic rings. The number of aliphatic hydroxyl groups excluding tert-OH is 1. The third kappa shape index (κ3) is 5.57. The zero-order valence-electron chi connectivity index (χ0n) is 15.8. The van der Waals surface area contributed by atoms with Crippen LogP contribution in [0.3, 0.4) is 0 Å². The van der Waals surface area contributed by atoms with Crippen molar-refractivity contribution in [2.24, 2.45) is 0 Å². The quantitative estimate of drug-likeness (QED) is 0.750. The van der Waals surface area contributed by atoms with E-state index in [-0.39, 0.29) is 0 Å². The molecule has 1 heterocycles. The Hall–Kier alpha value is -2.86. The van der Waals surface area contributed by atoms with Crippen LogP contribution in [-0.4, -0.2) is 36.7 Å². The SMILES string of the molecule is O=C(COC(=O)[C@@H](O)c1ccccc1)Nc1ccc(N2CCCCCC2)cc1. The molecule has 2 aromatic carbocycles. The van der Waals surface area contributed by atoms with Crippen LogP contribution in [0.5, 0.6) is 0 Å². The van der Waals surface area contributed by atoms with E-state index in [4.69, 9.17) is 4.74 Å². The highest BCUT2D eigenvalue weighted by molar-refractivity contribution is 5.93. The monoisotopic (exact) mass is 382 g/mol. The summed E-state index contributed by atoms with van der Waals surface area (Å²) in [4.78, 5) is 26.3. The number of esters is 1. The van der Waals surface area contributed by atoms with Crippen molar-refractivity contribution in [2.75, 3.05) is 29.9 Å². The van der Waals surface area contributed by atoms with Crippen molar-refractivity contribution in [1.82, 2.24) is 0 Å². The van der Waals surface area contributed by atoms with Crippen LogP contribution in [0.4, 0.5) is 11.4 Å². The maximum atomic E-state index is 12.0. The smallest absolute Gasteiger partial charge is 0.340 e. The Labute approximate surface area is 165 Å². The minimum atomic E-state index is -1.40. The van der Waals surface area contributed by atoms with Crippen molar-refractivity contribution in [3.8, 4) is 0 Å². The summed E-state index contributed by atoms with van der Waals surface area (Å²) in [5.74, 6) is -1.30. The molecule has 6 heteroatoms. The molecule has 1 fully saturated rings. The summed E-state index contributed by atoms with van der Waals surface area (Å²) in [5, 5.41) is 12.7. The summed E-state index contributed by atoms with van der Waals surface area (Å²) < 4.78 is 4.92. The van der Waals surface area contributed by atoms with Gasteiger partial charge in [0.15, 0.2) is 12.7 Å². The van der Waals surface area contributed by atoms with Gasteiger partial charge >= 0.3 is 5.97 Å². The van der Waals surface area contributed by atoms with Crippen molar-refractivity contribution < 1.29 is 19.4 Å². The van der Waals surface area contributed by atoms with E-state index in [0.29, 0.717) is 11.3 Å². The Morgan fingerprint density at radius 1 is 0.964 bits per heavy atom. The van der Waals surface area contributed by atoms with Crippen molar-refractivity contribution >= 4 is 23.3 Å². The minimum Gasteiger partial charge on any atom is -0.453 e. The number of hydrogen-bond acceptors (Lipinski definition) is 5. The van der Waals surface area contributed by atoms with E-state index in [2.05, 4.69) is 10.2 Å². The predicted octanol–water partition coefficient (Wildman–Crippen LogP) is 3.28. The first-order valence-electron chi connectivity index (χ1n) is 9.68. The summed E-state index contributed by atoms with van der Waals surface area (Å²) in [7, 11) is 0. The molecule has 0 spiro atoms. The number of hydrogen-bond donors (Lipinski definition) is 2. The average molecular weight is 382 g/mol. The predicted molar refractivity (Wildman–Crippen MR) is 108 cm³/mol. The zero-order valence-corrected chi connectivity index (χ0v) is 15.8. The van der Waals surface area contributed by atoms with Gasteiger partial charge in [-0.2, -0.15) is 0 Å². The molecular weight excluding hydrogens is 356 g/mol. The summed E-state index contributed by atoms with van der Waals surface area (Å²) in [6, 6.07) is 16.1. The van der Waals surface area contributed by atoms with Crippen LogP contribution < -0.4 is 10.2 Å². The second-order valence-electron chi connectivity index (χ2n) is 6.92. The molecule has 1 saturated heterocycles. The first kappa shape index (κ1) is 19.9. The lowest BCUT2D eigenvalue weighted by Crippen LogP contribution is -2.24. The standard InChI is InChI=1S/C22H26N2O4/c25-20(16-28-22(27)21(26)17-8-4-3-5-9-17)23-18-10-12-19(13-11-18)24-14-6-1-2-7-15-24/h3-5,8-13,21,26H,1-2,6-7,14-16H2,(H,23,25)/t21-/m0/s1. The molecule has 148 valence electrons.